The van der Waals surface area contributed by atoms with E-state index in [1.54, 1.807) is 0 Å². The minimum absolute atomic E-state index is 0.0603. The smallest absolute Gasteiger partial charge is 0.265 e. The summed E-state index contributed by atoms with van der Waals surface area (Å²) in [5, 5.41) is 3.81. The molecule has 1 aromatic heterocycles. The van der Waals surface area contributed by atoms with Crippen molar-refractivity contribution in [1.29, 1.82) is 0 Å². The first-order valence-corrected chi connectivity index (χ1v) is 7.98. The van der Waals surface area contributed by atoms with Crippen molar-refractivity contribution >= 4 is 28.2 Å². The topological polar surface area (TPSA) is 71.2 Å². The van der Waals surface area contributed by atoms with Crippen molar-refractivity contribution in [2.45, 2.75) is 40.0 Å². The molecule has 0 aromatic carbocycles. The lowest BCUT2D eigenvalue weighted by Gasteiger charge is -2.25. The standard InChI is InChI=1S/C14H24N4OS/c1-14(2,3)9-16-12(19)10-11(15)17-13(20-10)18-7-5-4-6-8-18/h4-9,15H2,1-3H3,(H,16,19). The van der Waals surface area contributed by atoms with Gasteiger partial charge in [-0.25, -0.2) is 4.98 Å². The molecular formula is C14H24N4OS. The number of piperidine rings is 1. The van der Waals surface area contributed by atoms with Crippen LogP contribution in [0.25, 0.3) is 0 Å². The Hall–Kier alpha value is -1.30. The molecule has 0 saturated carbocycles. The van der Waals surface area contributed by atoms with Gasteiger partial charge < -0.3 is 16.0 Å². The maximum Gasteiger partial charge on any atom is 0.265 e. The molecule has 0 spiro atoms. The summed E-state index contributed by atoms with van der Waals surface area (Å²) in [4.78, 5) is 19.3. The summed E-state index contributed by atoms with van der Waals surface area (Å²) in [6.07, 6.45) is 3.65. The largest absolute Gasteiger partial charge is 0.382 e. The quantitative estimate of drug-likeness (QED) is 0.899. The molecule has 0 bridgehead atoms. The molecule has 2 rings (SSSR count). The van der Waals surface area contributed by atoms with Gasteiger partial charge in [0.15, 0.2) is 5.13 Å². The highest BCUT2D eigenvalue weighted by Crippen LogP contribution is 2.30. The third-order valence-corrected chi connectivity index (χ3v) is 4.38. The molecule has 0 radical (unpaired) electrons. The predicted octanol–water partition coefficient (Wildman–Crippen LogP) is 2.49. The van der Waals surface area contributed by atoms with E-state index in [0.717, 1.165) is 18.2 Å². The average molecular weight is 296 g/mol. The molecule has 2 heterocycles. The van der Waals surface area contributed by atoms with Crippen LogP contribution in [-0.2, 0) is 0 Å². The average Bonchev–Trinajstić information content (AvgIpc) is 2.78. The lowest BCUT2D eigenvalue weighted by molar-refractivity contribution is 0.0944. The maximum atomic E-state index is 12.2. The minimum atomic E-state index is -0.113. The normalized spacial score (nSPS) is 16.2. The van der Waals surface area contributed by atoms with Crippen molar-refractivity contribution in [1.82, 2.24) is 10.3 Å². The number of aromatic nitrogens is 1. The van der Waals surface area contributed by atoms with Gasteiger partial charge in [-0.15, -0.1) is 0 Å². The van der Waals surface area contributed by atoms with E-state index in [9.17, 15) is 4.79 Å². The van der Waals surface area contributed by atoms with E-state index in [0.29, 0.717) is 17.2 Å². The summed E-state index contributed by atoms with van der Waals surface area (Å²) in [5.74, 6) is 0.236. The van der Waals surface area contributed by atoms with Crippen molar-refractivity contribution in [3.05, 3.63) is 4.88 Å². The number of carbonyl (C=O) groups excluding carboxylic acids is 1. The fourth-order valence-electron chi connectivity index (χ4n) is 2.13. The van der Waals surface area contributed by atoms with Crippen LogP contribution in [0, 0.1) is 5.41 Å². The number of rotatable bonds is 3. The highest BCUT2D eigenvalue weighted by atomic mass is 32.1. The Balaban J connectivity index is 2.04. The van der Waals surface area contributed by atoms with Crippen LogP contribution in [0.4, 0.5) is 10.9 Å². The van der Waals surface area contributed by atoms with Crippen molar-refractivity contribution in [2.24, 2.45) is 5.41 Å². The van der Waals surface area contributed by atoms with E-state index >= 15 is 0 Å². The van der Waals surface area contributed by atoms with Crippen LogP contribution >= 0.6 is 11.3 Å². The predicted molar refractivity (Wildman–Crippen MR) is 84.4 cm³/mol. The van der Waals surface area contributed by atoms with E-state index < -0.39 is 0 Å². The number of nitrogens with two attached hydrogens (primary N) is 1. The lowest BCUT2D eigenvalue weighted by Crippen LogP contribution is -2.32. The molecule has 1 aliphatic heterocycles. The molecule has 20 heavy (non-hydrogen) atoms. The first-order valence-electron chi connectivity index (χ1n) is 7.16. The Morgan fingerprint density at radius 2 is 2.00 bits per heavy atom. The van der Waals surface area contributed by atoms with E-state index in [-0.39, 0.29) is 11.3 Å². The summed E-state index contributed by atoms with van der Waals surface area (Å²) in [5.41, 5.74) is 5.96. The van der Waals surface area contributed by atoms with Crippen LogP contribution in [0.3, 0.4) is 0 Å². The second-order valence-electron chi connectivity index (χ2n) is 6.50. The first kappa shape index (κ1) is 15.1. The van der Waals surface area contributed by atoms with Crippen LogP contribution in [0.5, 0.6) is 0 Å². The first-order chi connectivity index (χ1) is 9.37. The second-order valence-corrected chi connectivity index (χ2v) is 7.48. The number of anilines is 2. The number of hydrogen-bond donors (Lipinski definition) is 2. The Morgan fingerprint density at radius 3 is 2.60 bits per heavy atom. The molecule has 1 amide bonds. The van der Waals surface area contributed by atoms with Crippen molar-refractivity contribution < 1.29 is 4.79 Å². The number of hydrogen-bond acceptors (Lipinski definition) is 5. The van der Waals surface area contributed by atoms with Gasteiger partial charge in [-0.1, -0.05) is 32.1 Å². The van der Waals surface area contributed by atoms with Gasteiger partial charge in [0.05, 0.1) is 0 Å². The number of nitrogens with zero attached hydrogens (tertiary/aromatic N) is 2. The zero-order valence-electron chi connectivity index (χ0n) is 12.5. The van der Waals surface area contributed by atoms with Gasteiger partial charge in [0, 0.05) is 19.6 Å². The van der Waals surface area contributed by atoms with Crippen molar-refractivity contribution in [3.63, 3.8) is 0 Å². The third kappa shape index (κ3) is 3.85. The van der Waals surface area contributed by atoms with Crippen LogP contribution < -0.4 is 16.0 Å². The zero-order chi connectivity index (χ0) is 14.8. The molecule has 0 unspecified atom stereocenters. The highest BCUT2D eigenvalue weighted by molar-refractivity contribution is 7.18. The van der Waals surface area contributed by atoms with Crippen LogP contribution in [0.2, 0.25) is 0 Å². The highest BCUT2D eigenvalue weighted by Gasteiger charge is 2.21. The van der Waals surface area contributed by atoms with E-state index in [1.807, 2.05) is 0 Å². The second kappa shape index (κ2) is 5.99. The molecular weight excluding hydrogens is 272 g/mol. The Labute approximate surface area is 124 Å². The molecule has 1 aliphatic rings. The number of nitrogen functional groups attached to an aromatic ring is 1. The maximum absolute atomic E-state index is 12.2. The van der Waals surface area contributed by atoms with Crippen LogP contribution in [-0.4, -0.2) is 30.5 Å². The molecule has 1 saturated heterocycles. The molecule has 112 valence electrons. The van der Waals surface area contributed by atoms with Gasteiger partial charge in [-0.2, -0.15) is 0 Å². The number of nitrogens with one attached hydrogen (secondary N) is 1. The van der Waals surface area contributed by atoms with Gasteiger partial charge in [-0.3, -0.25) is 4.79 Å². The fourth-order valence-corrected chi connectivity index (χ4v) is 3.08. The van der Waals surface area contributed by atoms with Gasteiger partial charge in [-0.05, 0) is 24.7 Å². The lowest BCUT2D eigenvalue weighted by atomic mass is 9.97. The molecule has 1 aromatic rings. The Kier molecular flexibility index (Phi) is 4.52. The van der Waals surface area contributed by atoms with E-state index in [4.69, 9.17) is 5.73 Å². The minimum Gasteiger partial charge on any atom is -0.382 e. The van der Waals surface area contributed by atoms with Crippen LogP contribution in [0.1, 0.15) is 49.7 Å². The zero-order valence-corrected chi connectivity index (χ0v) is 13.3. The number of amides is 1. The summed E-state index contributed by atoms with van der Waals surface area (Å²) in [6.45, 7) is 8.90. The van der Waals surface area contributed by atoms with Crippen molar-refractivity contribution in [2.75, 3.05) is 30.3 Å². The summed E-state index contributed by atoms with van der Waals surface area (Å²) in [6, 6.07) is 0. The van der Waals surface area contributed by atoms with Gasteiger partial charge in [0.1, 0.15) is 10.7 Å². The summed E-state index contributed by atoms with van der Waals surface area (Å²) < 4.78 is 0. The monoisotopic (exact) mass is 296 g/mol. The van der Waals surface area contributed by atoms with Gasteiger partial charge >= 0.3 is 0 Å². The molecule has 0 aliphatic carbocycles. The Bertz CT molecular complexity index is 472. The molecule has 6 heteroatoms. The van der Waals surface area contributed by atoms with Gasteiger partial charge in [0.25, 0.3) is 5.91 Å². The third-order valence-electron chi connectivity index (χ3n) is 3.25. The molecule has 3 N–H and O–H groups in total. The fraction of sp³-hybridized carbons (Fsp3) is 0.714. The van der Waals surface area contributed by atoms with E-state index in [1.165, 1.54) is 30.6 Å². The van der Waals surface area contributed by atoms with Gasteiger partial charge in [0.2, 0.25) is 0 Å². The molecule has 5 nitrogen and oxygen atoms in total. The van der Waals surface area contributed by atoms with E-state index in [2.05, 4.69) is 36.0 Å². The van der Waals surface area contributed by atoms with Crippen molar-refractivity contribution in [3.8, 4) is 0 Å². The Morgan fingerprint density at radius 1 is 1.35 bits per heavy atom. The van der Waals surface area contributed by atoms with Crippen LogP contribution in [0.15, 0.2) is 0 Å². The number of thiazole rings is 1. The summed E-state index contributed by atoms with van der Waals surface area (Å²) in [7, 11) is 0. The SMILES string of the molecule is CC(C)(C)CNC(=O)c1sc(N2CCCCC2)nc1N. The summed E-state index contributed by atoms with van der Waals surface area (Å²) >= 11 is 1.40. The molecule has 0 atom stereocenters. The molecule has 1 fully saturated rings. The number of carbonyl (C=O) groups is 1.